The zero-order chi connectivity index (χ0) is 23.3. The molecule has 6 heteroatoms. The number of rotatable bonds is 8. The Morgan fingerprint density at radius 3 is 2.28 bits per heavy atom. The molecule has 1 heterocycles. The van der Waals surface area contributed by atoms with Crippen molar-refractivity contribution >= 4 is 31.9 Å². The lowest BCUT2D eigenvalue weighted by molar-refractivity contribution is -0.159. The Bertz CT molecular complexity index is 1010. The molecule has 0 radical (unpaired) electrons. The predicted molar refractivity (Wildman–Crippen MR) is 135 cm³/mol. The third-order valence-corrected chi connectivity index (χ3v) is 7.65. The van der Waals surface area contributed by atoms with E-state index in [0.29, 0.717) is 26.4 Å². The minimum absolute atomic E-state index is 0.205. The van der Waals surface area contributed by atoms with E-state index in [1.807, 2.05) is 62.4 Å². The van der Waals surface area contributed by atoms with Gasteiger partial charge in [0.15, 0.2) is 0 Å². The molecular formula is C26H31ClNO3P. The van der Waals surface area contributed by atoms with E-state index < -0.39 is 5.60 Å². The van der Waals surface area contributed by atoms with Gasteiger partial charge in [-0.25, -0.2) is 4.79 Å². The van der Waals surface area contributed by atoms with Crippen molar-refractivity contribution in [2.24, 2.45) is 4.99 Å². The summed E-state index contributed by atoms with van der Waals surface area (Å²) in [7, 11) is 0.685. The summed E-state index contributed by atoms with van der Waals surface area (Å²) in [5.74, 6) is 0.276. The maximum atomic E-state index is 12.9. The summed E-state index contributed by atoms with van der Waals surface area (Å²) in [6.07, 6.45) is 1.30. The topological polar surface area (TPSA) is 47.9 Å². The van der Waals surface area contributed by atoms with Crippen LogP contribution in [0, 0.1) is 0 Å². The van der Waals surface area contributed by atoms with Crippen LogP contribution in [0.25, 0.3) is 0 Å². The number of benzene rings is 2. The summed E-state index contributed by atoms with van der Waals surface area (Å²) in [5, 5.41) is 2.05. The number of ether oxygens (including phenoxy) is 2. The molecule has 0 spiro atoms. The fraction of sp³-hybridized carbons (Fsp3) is 0.385. The van der Waals surface area contributed by atoms with Gasteiger partial charge in [-0.3, -0.25) is 4.99 Å². The molecule has 3 unspecified atom stereocenters. The first-order chi connectivity index (χ1) is 15.2. The third kappa shape index (κ3) is 6.21. The molecule has 0 aromatic heterocycles. The van der Waals surface area contributed by atoms with Gasteiger partial charge >= 0.3 is 5.97 Å². The summed E-state index contributed by atoms with van der Waals surface area (Å²) in [6.45, 7) is 10.2. The summed E-state index contributed by atoms with van der Waals surface area (Å²) in [5.41, 5.74) is 3.54. The Kier molecular flexibility index (Phi) is 8.14. The lowest BCUT2D eigenvalue weighted by Crippen LogP contribution is -2.43. The average Bonchev–Trinajstić information content (AvgIpc) is 2.78. The molecule has 2 aromatic rings. The second kappa shape index (κ2) is 10.6. The molecule has 0 aliphatic carbocycles. The number of allylic oxidation sites excluding steroid dienone is 2. The highest BCUT2D eigenvalue weighted by molar-refractivity contribution is 7.45. The first-order valence-corrected chi connectivity index (χ1v) is 12.4. The molecule has 0 N–H and O–H groups in total. The maximum Gasteiger partial charge on any atom is 0.350 e. The number of nitrogens with zero attached hydrogens (tertiary/aromatic N) is 1. The summed E-state index contributed by atoms with van der Waals surface area (Å²) in [4.78, 5) is 17.5. The maximum absolute atomic E-state index is 12.9. The van der Waals surface area contributed by atoms with Gasteiger partial charge in [-0.2, -0.15) is 0 Å². The fourth-order valence-corrected chi connectivity index (χ4v) is 4.74. The summed E-state index contributed by atoms with van der Waals surface area (Å²) < 4.78 is 11.8. The van der Waals surface area contributed by atoms with E-state index in [2.05, 4.69) is 18.8 Å². The molecule has 0 fully saturated rings. The van der Waals surface area contributed by atoms with Crippen LogP contribution in [0.5, 0.6) is 5.75 Å². The van der Waals surface area contributed by atoms with E-state index in [4.69, 9.17) is 21.1 Å². The van der Waals surface area contributed by atoms with E-state index in [1.165, 1.54) is 10.9 Å². The predicted octanol–water partition coefficient (Wildman–Crippen LogP) is 6.79. The standard InChI is InChI=1S/C26H31ClNO3P/c1-6-26(5,25(29)30-16-24-19(4)32-18(3)17(2)28-24)31-23-13-9-21(10-14-23)15-20-7-11-22(27)12-8-20/h7-14,19,32H,6,15-16H2,1-5H3. The smallest absolute Gasteiger partial charge is 0.350 e. The molecule has 1 aliphatic rings. The van der Waals surface area contributed by atoms with Gasteiger partial charge in [-0.15, -0.1) is 0 Å². The Balaban J connectivity index is 1.62. The molecule has 3 atom stereocenters. The van der Waals surface area contributed by atoms with Crippen LogP contribution >= 0.6 is 20.2 Å². The van der Waals surface area contributed by atoms with Crippen LogP contribution in [0.2, 0.25) is 5.02 Å². The van der Waals surface area contributed by atoms with Crippen LogP contribution < -0.4 is 4.74 Å². The second-order valence-corrected chi connectivity index (χ2v) is 10.7. The molecule has 3 rings (SSSR count). The minimum Gasteiger partial charge on any atom is -0.476 e. The van der Waals surface area contributed by atoms with E-state index in [1.54, 1.807) is 6.92 Å². The van der Waals surface area contributed by atoms with Gasteiger partial charge in [-0.1, -0.05) is 58.3 Å². The van der Waals surface area contributed by atoms with E-state index in [-0.39, 0.29) is 12.6 Å². The van der Waals surface area contributed by atoms with Crippen molar-refractivity contribution in [3.8, 4) is 5.75 Å². The number of hydrogen-bond donors (Lipinski definition) is 0. The summed E-state index contributed by atoms with van der Waals surface area (Å²) in [6, 6.07) is 15.7. The van der Waals surface area contributed by atoms with Gasteiger partial charge in [0.25, 0.3) is 0 Å². The van der Waals surface area contributed by atoms with Crippen molar-refractivity contribution in [3.05, 3.63) is 75.7 Å². The Labute approximate surface area is 197 Å². The molecular weight excluding hydrogens is 441 g/mol. The van der Waals surface area contributed by atoms with Crippen molar-refractivity contribution < 1.29 is 14.3 Å². The number of carbonyl (C=O) groups excluding carboxylic acids is 1. The average molecular weight is 472 g/mol. The van der Waals surface area contributed by atoms with Crippen LogP contribution in [-0.4, -0.2) is 29.5 Å². The fourth-order valence-electron chi connectivity index (χ4n) is 3.39. The first kappa shape index (κ1) is 24.5. The van der Waals surface area contributed by atoms with Gasteiger partial charge in [0.1, 0.15) is 12.4 Å². The summed E-state index contributed by atoms with van der Waals surface area (Å²) >= 11 is 5.96. The highest BCUT2D eigenvalue weighted by atomic mass is 35.5. The molecule has 2 aromatic carbocycles. The van der Waals surface area contributed by atoms with Crippen LogP contribution in [-0.2, 0) is 16.0 Å². The molecule has 0 bridgehead atoms. The van der Waals surface area contributed by atoms with E-state index >= 15 is 0 Å². The number of aliphatic imine (C=N–C) groups is 1. The van der Waals surface area contributed by atoms with Crippen LogP contribution in [0.4, 0.5) is 0 Å². The normalized spacial score (nSPS) is 18.8. The lowest BCUT2D eigenvalue weighted by atomic mass is 10.0. The highest BCUT2D eigenvalue weighted by Gasteiger charge is 2.36. The van der Waals surface area contributed by atoms with Gasteiger partial charge < -0.3 is 9.47 Å². The molecule has 4 nitrogen and oxygen atoms in total. The zero-order valence-corrected chi connectivity index (χ0v) is 21.1. The SMILES string of the molecule is CCC(C)(Oc1ccc(Cc2ccc(Cl)cc2)cc1)C(=O)OCC1=NC(C)=C(C)PC1C. The number of hydrogen-bond acceptors (Lipinski definition) is 4. The van der Waals surface area contributed by atoms with Gasteiger partial charge in [0, 0.05) is 16.4 Å². The van der Waals surface area contributed by atoms with Gasteiger partial charge in [0.2, 0.25) is 5.60 Å². The molecule has 0 saturated heterocycles. The van der Waals surface area contributed by atoms with E-state index in [0.717, 1.165) is 28.4 Å². The number of halogens is 1. The van der Waals surface area contributed by atoms with Crippen molar-refractivity contribution in [2.45, 2.75) is 58.7 Å². The number of carbonyl (C=O) groups is 1. The van der Waals surface area contributed by atoms with Crippen molar-refractivity contribution in [2.75, 3.05) is 6.61 Å². The Morgan fingerprint density at radius 2 is 1.69 bits per heavy atom. The Hall–Kier alpha value is -2.16. The van der Waals surface area contributed by atoms with Crippen LogP contribution in [0.15, 0.2) is 64.5 Å². The van der Waals surface area contributed by atoms with Gasteiger partial charge in [-0.05, 0) is 74.3 Å². The Morgan fingerprint density at radius 1 is 1.09 bits per heavy atom. The largest absolute Gasteiger partial charge is 0.476 e. The van der Waals surface area contributed by atoms with Crippen molar-refractivity contribution in [1.29, 1.82) is 0 Å². The van der Waals surface area contributed by atoms with Gasteiger partial charge in [0.05, 0.1) is 5.71 Å². The zero-order valence-electron chi connectivity index (χ0n) is 19.4. The quantitative estimate of drug-likeness (QED) is 0.314. The lowest BCUT2D eigenvalue weighted by Gasteiger charge is -2.28. The third-order valence-electron chi connectivity index (χ3n) is 5.83. The van der Waals surface area contributed by atoms with Crippen LogP contribution in [0.1, 0.15) is 52.2 Å². The molecule has 0 amide bonds. The van der Waals surface area contributed by atoms with Crippen molar-refractivity contribution in [1.82, 2.24) is 0 Å². The molecule has 1 aliphatic heterocycles. The molecule has 0 saturated carbocycles. The van der Waals surface area contributed by atoms with E-state index in [9.17, 15) is 4.79 Å². The molecule has 170 valence electrons. The van der Waals surface area contributed by atoms with Crippen molar-refractivity contribution in [3.63, 3.8) is 0 Å². The first-order valence-electron chi connectivity index (χ1n) is 10.9. The monoisotopic (exact) mass is 471 g/mol. The molecule has 32 heavy (non-hydrogen) atoms. The highest BCUT2D eigenvalue weighted by Crippen LogP contribution is 2.36. The second-order valence-electron chi connectivity index (χ2n) is 8.39. The minimum atomic E-state index is -1.06. The number of esters is 1. The van der Waals surface area contributed by atoms with Crippen LogP contribution in [0.3, 0.4) is 0 Å².